The Hall–Kier alpha value is -3.43. The van der Waals surface area contributed by atoms with Crippen molar-refractivity contribution in [1.82, 2.24) is 9.55 Å². The topological polar surface area (TPSA) is 120 Å². The van der Waals surface area contributed by atoms with Crippen LogP contribution in [0.15, 0.2) is 29.1 Å². The molecule has 3 aromatic rings. The number of cyclic esters (lactones) is 1. The van der Waals surface area contributed by atoms with Gasteiger partial charge in [-0.05, 0) is 24.6 Å². The van der Waals surface area contributed by atoms with Gasteiger partial charge in [-0.25, -0.2) is 9.78 Å². The van der Waals surface area contributed by atoms with Crippen LogP contribution in [-0.4, -0.2) is 38.6 Å². The summed E-state index contributed by atoms with van der Waals surface area (Å²) in [7, 11) is 0. The maximum atomic E-state index is 13.2. The molecule has 2 aromatic heterocycles. The molecule has 158 valence electrons. The van der Waals surface area contributed by atoms with Gasteiger partial charge in [-0.1, -0.05) is 6.92 Å². The molecule has 6 rings (SSSR count). The first-order valence-corrected chi connectivity index (χ1v) is 10.0. The summed E-state index contributed by atoms with van der Waals surface area (Å²) in [4.78, 5) is 30.2. The molecule has 9 heteroatoms. The van der Waals surface area contributed by atoms with Crippen LogP contribution in [0.3, 0.4) is 0 Å². The zero-order chi connectivity index (χ0) is 21.5. The van der Waals surface area contributed by atoms with Gasteiger partial charge in [0.1, 0.15) is 13.2 Å². The molecule has 2 N–H and O–H groups in total. The Kier molecular flexibility index (Phi) is 3.58. The van der Waals surface area contributed by atoms with E-state index >= 15 is 0 Å². The zero-order valence-corrected chi connectivity index (χ0v) is 16.5. The number of benzene rings is 1. The van der Waals surface area contributed by atoms with Crippen molar-refractivity contribution in [1.29, 1.82) is 0 Å². The first-order valence-electron chi connectivity index (χ1n) is 10.0. The van der Waals surface area contributed by atoms with Crippen LogP contribution in [-0.2, 0) is 28.3 Å². The molecular weight excluding hydrogens is 404 g/mol. The average Bonchev–Trinajstić information content (AvgIpc) is 3.34. The number of fused-ring (bicyclic) bond motifs is 6. The standard InChI is InChI=1S/C22H18N2O7/c1-2-22(28)13-5-15-19-11(7-24(15)20(26)12(13)9-29-21(22)27)3-10-4-16-17(6-14(10)23-19)31-18(8-25)30-16/h3-6,18,25,28H,2,7-9H2,1H3/t18?,22-/m0/s1. The number of aromatic nitrogens is 2. The first kappa shape index (κ1) is 18.3. The van der Waals surface area contributed by atoms with Crippen LogP contribution < -0.4 is 15.0 Å². The van der Waals surface area contributed by atoms with Crippen LogP contribution in [0.5, 0.6) is 11.5 Å². The highest BCUT2D eigenvalue weighted by Gasteiger charge is 2.45. The van der Waals surface area contributed by atoms with Gasteiger partial charge in [0.15, 0.2) is 17.1 Å². The molecular formula is C22H18N2O7. The number of carbonyl (C=O) groups excluding carboxylic acids is 1. The number of esters is 1. The van der Waals surface area contributed by atoms with Gasteiger partial charge in [-0.15, -0.1) is 0 Å². The van der Waals surface area contributed by atoms with E-state index in [4.69, 9.17) is 19.2 Å². The highest BCUT2D eigenvalue weighted by atomic mass is 16.7. The number of hydrogen-bond acceptors (Lipinski definition) is 8. The van der Waals surface area contributed by atoms with Gasteiger partial charge in [0.25, 0.3) is 11.8 Å². The van der Waals surface area contributed by atoms with E-state index in [-0.39, 0.29) is 30.8 Å². The van der Waals surface area contributed by atoms with Crippen LogP contribution in [0.4, 0.5) is 0 Å². The van der Waals surface area contributed by atoms with Crippen molar-refractivity contribution < 1.29 is 29.2 Å². The summed E-state index contributed by atoms with van der Waals surface area (Å²) >= 11 is 0. The minimum atomic E-state index is -1.85. The van der Waals surface area contributed by atoms with E-state index in [2.05, 4.69) is 0 Å². The van der Waals surface area contributed by atoms with Gasteiger partial charge >= 0.3 is 5.97 Å². The smallest absolute Gasteiger partial charge is 0.343 e. The molecule has 0 amide bonds. The summed E-state index contributed by atoms with van der Waals surface area (Å²) in [6.45, 7) is 1.57. The molecule has 9 nitrogen and oxygen atoms in total. The fraction of sp³-hybridized carbons (Fsp3) is 0.318. The number of carbonyl (C=O) groups is 1. The second-order valence-corrected chi connectivity index (χ2v) is 7.94. The molecule has 0 aliphatic carbocycles. The average molecular weight is 422 g/mol. The molecule has 0 radical (unpaired) electrons. The fourth-order valence-electron chi connectivity index (χ4n) is 4.56. The fourth-order valence-corrected chi connectivity index (χ4v) is 4.56. The third kappa shape index (κ3) is 2.35. The lowest BCUT2D eigenvalue weighted by molar-refractivity contribution is -0.172. The van der Waals surface area contributed by atoms with E-state index in [0.29, 0.717) is 40.5 Å². The maximum absolute atomic E-state index is 13.2. The summed E-state index contributed by atoms with van der Waals surface area (Å²) in [6.07, 6.45) is -0.647. The van der Waals surface area contributed by atoms with Crippen molar-refractivity contribution in [2.24, 2.45) is 0 Å². The molecule has 0 saturated carbocycles. The Balaban J connectivity index is 1.55. The summed E-state index contributed by atoms with van der Waals surface area (Å²) in [5.74, 6) is 0.269. The highest BCUT2D eigenvalue weighted by Crippen LogP contribution is 2.41. The van der Waals surface area contributed by atoms with Crippen molar-refractivity contribution in [3.63, 3.8) is 0 Å². The Morgan fingerprint density at radius 1 is 1.19 bits per heavy atom. The summed E-state index contributed by atoms with van der Waals surface area (Å²) in [5, 5.41) is 21.0. The van der Waals surface area contributed by atoms with Crippen LogP contribution in [0.2, 0.25) is 0 Å². The zero-order valence-electron chi connectivity index (χ0n) is 16.5. The normalized spacial score (nSPS) is 22.8. The van der Waals surface area contributed by atoms with Crippen molar-refractivity contribution in [2.45, 2.75) is 38.4 Å². The summed E-state index contributed by atoms with van der Waals surface area (Å²) < 4.78 is 17.8. The van der Waals surface area contributed by atoms with E-state index < -0.39 is 17.9 Å². The molecule has 2 atom stereocenters. The lowest BCUT2D eigenvalue weighted by Crippen LogP contribution is -2.44. The number of hydrogen-bond donors (Lipinski definition) is 2. The number of aliphatic hydroxyl groups is 2. The maximum Gasteiger partial charge on any atom is 0.343 e. The van der Waals surface area contributed by atoms with Crippen LogP contribution in [0.1, 0.15) is 30.0 Å². The molecule has 0 spiro atoms. The molecule has 1 aromatic carbocycles. The second-order valence-electron chi connectivity index (χ2n) is 7.94. The number of pyridine rings is 2. The molecule has 3 aliphatic heterocycles. The van der Waals surface area contributed by atoms with Gasteiger partial charge in [0.05, 0.1) is 29.0 Å². The van der Waals surface area contributed by atoms with Gasteiger partial charge < -0.3 is 29.0 Å². The largest absolute Gasteiger partial charge is 0.458 e. The second kappa shape index (κ2) is 6.05. The molecule has 5 heterocycles. The molecule has 31 heavy (non-hydrogen) atoms. The van der Waals surface area contributed by atoms with Gasteiger partial charge in [0.2, 0.25) is 0 Å². The van der Waals surface area contributed by atoms with Crippen LogP contribution in [0, 0.1) is 0 Å². The predicted octanol–water partition coefficient (Wildman–Crippen LogP) is 1.17. The van der Waals surface area contributed by atoms with Crippen LogP contribution >= 0.6 is 0 Å². The lowest BCUT2D eigenvalue weighted by Gasteiger charge is -2.31. The Morgan fingerprint density at radius 3 is 2.71 bits per heavy atom. The van der Waals surface area contributed by atoms with E-state index in [1.807, 2.05) is 6.07 Å². The number of aliphatic hydroxyl groups excluding tert-OH is 1. The third-order valence-electron chi connectivity index (χ3n) is 6.24. The van der Waals surface area contributed by atoms with Crippen molar-refractivity contribution in [3.8, 4) is 22.9 Å². The monoisotopic (exact) mass is 422 g/mol. The number of nitrogens with zero attached hydrogens (tertiary/aromatic N) is 2. The van der Waals surface area contributed by atoms with Crippen molar-refractivity contribution >= 4 is 16.9 Å². The van der Waals surface area contributed by atoms with Crippen molar-refractivity contribution in [3.05, 3.63) is 51.3 Å². The highest BCUT2D eigenvalue weighted by molar-refractivity contribution is 5.88. The van der Waals surface area contributed by atoms with E-state index in [0.717, 1.165) is 10.9 Å². The van der Waals surface area contributed by atoms with E-state index in [1.54, 1.807) is 29.7 Å². The summed E-state index contributed by atoms with van der Waals surface area (Å²) in [5.41, 5.74) is 1.08. The predicted molar refractivity (Wildman–Crippen MR) is 107 cm³/mol. The van der Waals surface area contributed by atoms with Gasteiger partial charge in [0, 0.05) is 22.6 Å². The first-order chi connectivity index (χ1) is 14.9. The van der Waals surface area contributed by atoms with Gasteiger partial charge in [-0.2, -0.15) is 0 Å². The minimum Gasteiger partial charge on any atom is -0.458 e. The quantitative estimate of drug-likeness (QED) is 0.462. The molecule has 3 aliphatic rings. The number of ether oxygens (including phenoxy) is 3. The Morgan fingerprint density at radius 2 is 1.97 bits per heavy atom. The molecule has 0 saturated heterocycles. The Bertz CT molecular complexity index is 1360. The minimum absolute atomic E-state index is 0.0925. The molecule has 0 bridgehead atoms. The molecule has 1 unspecified atom stereocenters. The van der Waals surface area contributed by atoms with Crippen LogP contribution in [0.25, 0.3) is 22.3 Å². The lowest BCUT2D eigenvalue weighted by atomic mass is 9.86. The van der Waals surface area contributed by atoms with E-state index in [9.17, 15) is 19.8 Å². The Labute approximate surface area is 175 Å². The van der Waals surface area contributed by atoms with Crippen molar-refractivity contribution in [2.75, 3.05) is 6.61 Å². The summed E-state index contributed by atoms with van der Waals surface area (Å²) in [6, 6.07) is 7.15. The van der Waals surface area contributed by atoms with E-state index in [1.165, 1.54) is 0 Å². The molecule has 0 fully saturated rings. The number of rotatable bonds is 2. The third-order valence-corrected chi connectivity index (χ3v) is 6.24. The SMILES string of the molecule is CC[C@@]1(O)C(=O)OCc2c1cc1n(c2=O)Cc2cc3cc4c(cc3nc2-1)OC(CO)O4. The van der Waals surface area contributed by atoms with Gasteiger partial charge in [-0.3, -0.25) is 4.79 Å².